The molecule has 0 aliphatic heterocycles. The zero-order valence-electron chi connectivity index (χ0n) is 10.4. The first-order valence-corrected chi connectivity index (χ1v) is 7.48. The third-order valence-corrected chi connectivity index (χ3v) is 4.10. The van der Waals surface area contributed by atoms with Crippen LogP contribution in [0, 0.1) is 0 Å². The Hall–Kier alpha value is -2.52. The van der Waals surface area contributed by atoms with Crippen molar-refractivity contribution in [2.45, 2.75) is 0 Å². The van der Waals surface area contributed by atoms with Crippen LogP contribution in [-0.4, -0.2) is 26.0 Å². The molecule has 0 saturated carbocycles. The lowest BCUT2D eigenvalue weighted by Gasteiger charge is -2.05. The highest BCUT2D eigenvalue weighted by Gasteiger charge is 2.19. The summed E-state index contributed by atoms with van der Waals surface area (Å²) in [4.78, 5) is 34.8. The molecule has 0 saturated heterocycles. The van der Waals surface area contributed by atoms with Crippen LogP contribution in [0.3, 0.4) is 0 Å². The predicted molar refractivity (Wildman–Crippen MR) is 79.9 cm³/mol. The highest BCUT2D eigenvalue weighted by atomic mass is 32.1. The summed E-state index contributed by atoms with van der Waals surface area (Å²) in [7, 11) is 0. The monoisotopic (exact) mass is 320 g/mol. The second-order valence-corrected chi connectivity index (χ2v) is 5.74. The molecule has 0 spiro atoms. The molecular formula is C12H8N4O3S2. The van der Waals surface area contributed by atoms with E-state index in [9.17, 15) is 14.7 Å². The summed E-state index contributed by atoms with van der Waals surface area (Å²) in [6, 6.07) is 3.55. The number of aromatic nitrogens is 3. The minimum Gasteiger partial charge on any atom is -0.501 e. The summed E-state index contributed by atoms with van der Waals surface area (Å²) in [5.41, 5.74) is 0.469. The summed E-state index contributed by atoms with van der Waals surface area (Å²) in [6.45, 7) is 0. The van der Waals surface area contributed by atoms with Gasteiger partial charge in [0.2, 0.25) is 5.75 Å². The molecule has 3 N–H and O–H groups in total. The van der Waals surface area contributed by atoms with Crippen molar-refractivity contribution in [3.05, 3.63) is 45.3 Å². The van der Waals surface area contributed by atoms with Gasteiger partial charge in [-0.05, 0) is 11.4 Å². The first-order valence-electron chi connectivity index (χ1n) is 5.72. The van der Waals surface area contributed by atoms with Crippen molar-refractivity contribution >= 4 is 33.6 Å². The first-order chi connectivity index (χ1) is 10.1. The number of hydrogen-bond donors (Lipinski definition) is 3. The summed E-state index contributed by atoms with van der Waals surface area (Å²) >= 11 is 2.58. The van der Waals surface area contributed by atoms with E-state index in [0.29, 0.717) is 9.88 Å². The number of rotatable bonds is 3. The maximum atomic E-state index is 12.1. The molecule has 0 aliphatic carbocycles. The number of aromatic amines is 1. The Bertz CT molecular complexity index is 825. The smallest absolute Gasteiger partial charge is 0.294 e. The number of carbonyl (C=O) groups excluding carboxylic acids is 1. The van der Waals surface area contributed by atoms with Gasteiger partial charge in [0.1, 0.15) is 5.00 Å². The molecule has 3 aromatic heterocycles. The number of amides is 1. The standard InChI is InChI=1S/C12H8N4O3S2/c17-9-8(11(18)14-7-4-13-5-21-7)15-10(16-12(9)19)6-2-1-3-20-6/h1-5,17H,(H,14,18)(H,15,16,19). The topological polar surface area (TPSA) is 108 Å². The Morgan fingerprint density at radius 1 is 1.38 bits per heavy atom. The molecule has 3 heterocycles. The molecule has 0 bridgehead atoms. The van der Waals surface area contributed by atoms with Crippen LogP contribution in [0.25, 0.3) is 10.7 Å². The van der Waals surface area contributed by atoms with Crippen molar-refractivity contribution in [2.24, 2.45) is 0 Å². The number of nitrogens with zero attached hydrogens (tertiary/aromatic N) is 2. The van der Waals surface area contributed by atoms with Crippen LogP contribution in [-0.2, 0) is 0 Å². The average molecular weight is 320 g/mol. The quantitative estimate of drug-likeness (QED) is 0.683. The van der Waals surface area contributed by atoms with Gasteiger partial charge in [0, 0.05) is 0 Å². The van der Waals surface area contributed by atoms with E-state index >= 15 is 0 Å². The fraction of sp³-hybridized carbons (Fsp3) is 0. The second-order valence-electron chi connectivity index (χ2n) is 3.91. The lowest BCUT2D eigenvalue weighted by Crippen LogP contribution is -2.19. The molecular weight excluding hydrogens is 312 g/mol. The molecule has 106 valence electrons. The average Bonchev–Trinajstić information content (AvgIpc) is 3.14. The number of nitrogens with one attached hydrogen (secondary N) is 2. The van der Waals surface area contributed by atoms with E-state index in [1.54, 1.807) is 17.6 Å². The largest absolute Gasteiger partial charge is 0.501 e. The highest BCUT2D eigenvalue weighted by molar-refractivity contribution is 7.14. The van der Waals surface area contributed by atoms with Gasteiger partial charge in [0.05, 0.1) is 16.6 Å². The molecule has 21 heavy (non-hydrogen) atoms. The SMILES string of the molecule is O=C(Nc1cncs1)c1nc(-c2cccs2)[nH]c(=O)c1O. The summed E-state index contributed by atoms with van der Waals surface area (Å²) in [5, 5.41) is 14.6. The van der Waals surface area contributed by atoms with Crippen molar-refractivity contribution in [1.82, 2.24) is 15.0 Å². The van der Waals surface area contributed by atoms with Crippen LogP contribution >= 0.6 is 22.7 Å². The van der Waals surface area contributed by atoms with Crippen LogP contribution in [0.5, 0.6) is 5.75 Å². The Morgan fingerprint density at radius 2 is 2.24 bits per heavy atom. The molecule has 3 rings (SSSR count). The van der Waals surface area contributed by atoms with Gasteiger partial charge in [-0.3, -0.25) is 14.6 Å². The minimum absolute atomic E-state index is 0.238. The van der Waals surface area contributed by atoms with Crippen molar-refractivity contribution < 1.29 is 9.90 Å². The Morgan fingerprint density at radius 3 is 2.90 bits per heavy atom. The number of carbonyl (C=O) groups is 1. The van der Waals surface area contributed by atoms with Gasteiger partial charge in [0.15, 0.2) is 11.5 Å². The van der Waals surface area contributed by atoms with Crippen molar-refractivity contribution in [3.63, 3.8) is 0 Å². The van der Waals surface area contributed by atoms with Gasteiger partial charge < -0.3 is 15.4 Å². The van der Waals surface area contributed by atoms with Gasteiger partial charge in [-0.15, -0.1) is 22.7 Å². The van der Waals surface area contributed by atoms with Crippen molar-refractivity contribution in [3.8, 4) is 16.5 Å². The molecule has 0 unspecified atom stereocenters. The van der Waals surface area contributed by atoms with E-state index < -0.39 is 17.2 Å². The summed E-state index contributed by atoms with van der Waals surface area (Å²) < 4.78 is 0. The zero-order valence-corrected chi connectivity index (χ0v) is 12.0. The normalized spacial score (nSPS) is 10.5. The summed E-state index contributed by atoms with van der Waals surface area (Å²) in [5.74, 6) is -1.14. The number of anilines is 1. The molecule has 0 fully saturated rings. The lowest BCUT2D eigenvalue weighted by molar-refractivity contribution is 0.101. The molecule has 0 aliphatic rings. The van der Waals surface area contributed by atoms with Crippen LogP contribution in [0.1, 0.15) is 10.5 Å². The summed E-state index contributed by atoms with van der Waals surface area (Å²) in [6.07, 6.45) is 1.47. The highest BCUT2D eigenvalue weighted by Crippen LogP contribution is 2.22. The molecule has 0 aromatic carbocycles. The van der Waals surface area contributed by atoms with Crippen LogP contribution < -0.4 is 10.9 Å². The molecule has 1 amide bonds. The fourth-order valence-corrected chi connectivity index (χ4v) is 2.78. The molecule has 3 aromatic rings. The van der Waals surface area contributed by atoms with E-state index in [0.717, 1.165) is 0 Å². The van der Waals surface area contributed by atoms with E-state index in [1.165, 1.54) is 28.9 Å². The Balaban J connectivity index is 2.01. The van der Waals surface area contributed by atoms with Crippen molar-refractivity contribution in [1.29, 1.82) is 0 Å². The lowest BCUT2D eigenvalue weighted by atomic mass is 10.3. The van der Waals surface area contributed by atoms with Gasteiger partial charge in [-0.25, -0.2) is 4.98 Å². The Labute approximate surface area is 126 Å². The van der Waals surface area contributed by atoms with Crippen LogP contribution in [0.15, 0.2) is 34.0 Å². The number of thiazole rings is 1. The zero-order chi connectivity index (χ0) is 14.8. The minimum atomic E-state index is -0.761. The Kier molecular flexibility index (Phi) is 3.50. The van der Waals surface area contributed by atoms with Gasteiger partial charge >= 0.3 is 0 Å². The van der Waals surface area contributed by atoms with Gasteiger partial charge in [-0.1, -0.05) is 6.07 Å². The van der Waals surface area contributed by atoms with E-state index in [2.05, 4.69) is 20.3 Å². The first kappa shape index (κ1) is 13.5. The van der Waals surface area contributed by atoms with E-state index in [4.69, 9.17) is 0 Å². The number of thiophene rings is 1. The number of H-pyrrole nitrogens is 1. The second kappa shape index (κ2) is 5.46. The predicted octanol–water partition coefficient (Wildman–Crippen LogP) is 1.91. The van der Waals surface area contributed by atoms with E-state index in [1.807, 2.05) is 5.38 Å². The third kappa shape index (κ3) is 2.69. The van der Waals surface area contributed by atoms with E-state index in [-0.39, 0.29) is 11.5 Å². The maximum absolute atomic E-state index is 12.1. The van der Waals surface area contributed by atoms with Gasteiger partial charge in [0.25, 0.3) is 11.5 Å². The molecule has 0 radical (unpaired) electrons. The number of hydrogen-bond acceptors (Lipinski definition) is 7. The molecule has 0 atom stereocenters. The van der Waals surface area contributed by atoms with Gasteiger partial charge in [-0.2, -0.15) is 0 Å². The van der Waals surface area contributed by atoms with Crippen LogP contribution in [0.2, 0.25) is 0 Å². The number of aromatic hydroxyl groups is 1. The third-order valence-electron chi connectivity index (χ3n) is 2.53. The molecule has 7 nitrogen and oxygen atoms in total. The van der Waals surface area contributed by atoms with Crippen molar-refractivity contribution in [2.75, 3.05) is 5.32 Å². The fourth-order valence-electron chi connectivity index (χ4n) is 1.60. The maximum Gasteiger partial charge on any atom is 0.294 e. The van der Waals surface area contributed by atoms with Crippen LogP contribution in [0.4, 0.5) is 5.00 Å². The molecule has 9 heteroatoms.